The zero-order valence-corrected chi connectivity index (χ0v) is 46.7. The summed E-state index contributed by atoms with van der Waals surface area (Å²) in [4.78, 5) is 48.4. The minimum absolute atomic E-state index is 0.172. The molecule has 3 unspecified atom stereocenters. The van der Waals surface area contributed by atoms with Crippen LogP contribution >= 0.6 is 7.82 Å². The van der Waals surface area contributed by atoms with Crippen molar-refractivity contribution >= 4 is 25.7 Å². The van der Waals surface area contributed by atoms with Crippen LogP contribution in [0.2, 0.25) is 0 Å². The van der Waals surface area contributed by atoms with Gasteiger partial charge in [0.1, 0.15) is 12.7 Å². The minimum Gasteiger partial charge on any atom is -0.462 e. The Balaban J connectivity index is 4.65. The van der Waals surface area contributed by atoms with Crippen LogP contribution < -0.4 is 0 Å². The molecular formula is C58H111O11P. The van der Waals surface area contributed by atoms with E-state index in [0.717, 1.165) is 57.8 Å². The zero-order chi connectivity index (χ0) is 51.3. The molecule has 0 aliphatic heterocycles. The van der Waals surface area contributed by atoms with Gasteiger partial charge in [-0.3, -0.25) is 23.4 Å². The lowest BCUT2D eigenvalue weighted by Gasteiger charge is -2.21. The fraction of sp³-hybridized carbons (Fsp3) is 0.914. The molecule has 11 nitrogen and oxygen atoms in total. The monoisotopic (exact) mass is 1010 g/mol. The van der Waals surface area contributed by atoms with E-state index in [0.29, 0.717) is 19.3 Å². The van der Waals surface area contributed by atoms with E-state index in [-0.39, 0.29) is 25.9 Å². The predicted molar refractivity (Wildman–Crippen MR) is 289 cm³/mol. The van der Waals surface area contributed by atoms with Gasteiger partial charge in [0.25, 0.3) is 0 Å². The van der Waals surface area contributed by atoms with Crippen LogP contribution in [0.1, 0.15) is 303 Å². The number of allylic oxidation sites excluding steroid dienone is 2. The largest absolute Gasteiger partial charge is 0.472 e. The van der Waals surface area contributed by atoms with Crippen LogP contribution in [0.5, 0.6) is 0 Å². The molecule has 0 aliphatic rings. The third-order valence-electron chi connectivity index (χ3n) is 13.2. The summed E-state index contributed by atoms with van der Waals surface area (Å²) in [6.07, 6.45) is 51.8. The maximum Gasteiger partial charge on any atom is 0.472 e. The lowest BCUT2D eigenvalue weighted by atomic mass is 10.0. The number of ether oxygens (including phenoxy) is 3. The maximum absolute atomic E-state index is 12.9. The van der Waals surface area contributed by atoms with Gasteiger partial charge in [-0.05, 0) is 44.9 Å². The summed E-state index contributed by atoms with van der Waals surface area (Å²) in [6, 6.07) is 0. The van der Waals surface area contributed by atoms with Crippen LogP contribution in [0, 0.1) is 0 Å². The molecule has 414 valence electrons. The summed E-state index contributed by atoms with van der Waals surface area (Å²) in [5, 5.41) is 9.77. The van der Waals surface area contributed by atoms with E-state index in [1.54, 1.807) is 0 Å². The average molecular weight is 1020 g/mol. The first-order valence-electron chi connectivity index (χ1n) is 29.6. The first-order valence-corrected chi connectivity index (χ1v) is 31.1. The molecule has 0 spiro atoms. The molecule has 0 aromatic heterocycles. The Kier molecular flexibility index (Phi) is 52.1. The molecule has 2 N–H and O–H groups in total. The van der Waals surface area contributed by atoms with Gasteiger partial charge in [-0.25, -0.2) is 4.57 Å². The zero-order valence-electron chi connectivity index (χ0n) is 45.8. The van der Waals surface area contributed by atoms with E-state index in [4.69, 9.17) is 23.3 Å². The molecular weight excluding hydrogens is 904 g/mol. The summed E-state index contributed by atoms with van der Waals surface area (Å²) >= 11 is 0. The second-order valence-corrected chi connectivity index (χ2v) is 21.6. The minimum atomic E-state index is -4.73. The standard InChI is InChI=1S/C58H111O11P/c1-4-7-10-13-16-19-21-23-25-26-27-28-30-32-34-37-40-43-46-49-58(62)69-55(51-65-56(60)47-44-41-38-36-33-31-29-24-22-20-17-14-11-8-5-2)53-67-70(63,64)66-52-54(50-59)68-57(61)48-45-42-39-35-18-15-12-9-6-3/h23,25,54-55,59H,4-22,24,26-53H2,1-3H3,(H,63,64)/b25-23-. The van der Waals surface area contributed by atoms with Crippen molar-refractivity contribution in [2.75, 3.05) is 26.4 Å². The Hall–Kier alpha value is -1.78. The van der Waals surface area contributed by atoms with Crippen LogP contribution in [-0.4, -0.2) is 66.5 Å². The summed E-state index contributed by atoms with van der Waals surface area (Å²) in [5.41, 5.74) is 0. The fourth-order valence-corrected chi connectivity index (χ4v) is 9.43. The second kappa shape index (κ2) is 53.5. The third-order valence-corrected chi connectivity index (χ3v) is 14.1. The molecule has 12 heteroatoms. The summed E-state index contributed by atoms with van der Waals surface area (Å²) < 4.78 is 39.5. The molecule has 0 aromatic carbocycles. The lowest BCUT2D eigenvalue weighted by Crippen LogP contribution is -2.30. The molecule has 0 saturated heterocycles. The highest BCUT2D eigenvalue weighted by atomic mass is 31.2. The Morgan fingerprint density at radius 1 is 0.386 bits per heavy atom. The van der Waals surface area contributed by atoms with Gasteiger partial charge < -0.3 is 24.2 Å². The second-order valence-electron chi connectivity index (χ2n) is 20.2. The van der Waals surface area contributed by atoms with Gasteiger partial charge in [-0.15, -0.1) is 0 Å². The number of carbonyl (C=O) groups is 3. The normalized spacial score (nSPS) is 13.4. The average Bonchev–Trinajstić information content (AvgIpc) is 3.35. The van der Waals surface area contributed by atoms with Crippen molar-refractivity contribution in [1.29, 1.82) is 0 Å². The van der Waals surface area contributed by atoms with Gasteiger partial charge in [0, 0.05) is 19.3 Å². The molecule has 0 aliphatic carbocycles. The highest BCUT2D eigenvalue weighted by Crippen LogP contribution is 2.43. The molecule has 0 radical (unpaired) electrons. The van der Waals surface area contributed by atoms with Crippen LogP contribution in [0.15, 0.2) is 12.2 Å². The van der Waals surface area contributed by atoms with Crippen molar-refractivity contribution in [1.82, 2.24) is 0 Å². The lowest BCUT2D eigenvalue weighted by molar-refractivity contribution is -0.161. The van der Waals surface area contributed by atoms with Crippen molar-refractivity contribution in [3.8, 4) is 0 Å². The Morgan fingerprint density at radius 3 is 0.986 bits per heavy atom. The van der Waals surface area contributed by atoms with Gasteiger partial charge in [0.05, 0.1) is 19.8 Å². The van der Waals surface area contributed by atoms with Crippen molar-refractivity contribution in [2.45, 2.75) is 315 Å². The van der Waals surface area contributed by atoms with Crippen LogP contribution in [0.3, 0.4) is 0 Å². The Morgan fingerprint density at radius 2 is 0.657 bits per heavy atom. The van der Waals surface area contributed by atoms with E-state index in [2.05, 4.69) is 32.9 Å². The van der Waals surface area contributed by atoms with E-state index in [9.17, 15) is 28.9 Å². The number of carbonyl (C=O) groups excluding carboxylic acids is 3. The van der Waals surface area contributed by atoms with Crippen molar-refractivity contribution in [3.05, 3.63) is 12.2 Å². The topological polar surface area (TPSA) is 155 Å². The molecule has 0 amide bonds. The van der Waals surface area contributed by atoms with Gasteiger partial charge in [0.2, 0.25) is 0 Å². The number of hydrogen-bond donors (Lipinski definition) is 2. The Bertz CT molecular complexity index is 1230. The number of phosphoric ester groups is 1. The van der Waals surface area contributed by atoms with E-state index in [1.165, 1.54) is 186 Å². The van der Waals surface area contributed by atoms with Crippen molar-refractivity contribution in [3.63, 3.8) is 0 Å². The molecule has 70 heavy (non-hydrogen) atoms. The molecule has 0 aromatic rings. The number of phosphoric acid groups is 1. The number of aliphatic hydroxyl groups excluding tert-OH is 1. The van der Waals surface area contributed by atoms with Gasteiger partial charge >= 0.3 is 25.7 Å². The number of aliphatic hydroxyl groups is 1. The van der Waals surface area contributed by atoms with Gasteiger partial charge in [-0.2, -0.15) is 0 Å². The van der Waals surface area contributed by atoms with Gasteiger partial charge in [-0.1, -0.05) is 251 Å². The first-order chi connectivity index (χ1) is 34.2. The molecule has 0 rings (SSSR count). The predicted octanol–water partition coefficient (Wildman–Crippen LogP) is 17.3. The molecule has 0 heterocycles. The highest BCUT2D eigenvalue weighted by molar-refractivity contribution is 7.47. The van der Waals surface area contributed by atoms with E-state index >= 15 is 0 Å². The highest BCUT2D eigenvalue weighted by Gasteiger charge is 2.28. The van der Waals surface area contributed by atoms with Crippen molar-refractivity contribution < 1.29 is 52.2 Å². The van der Waals surface area contributed by atoms with Gasteiger partial charge in [0.15, 0.2) is 6.10 Å². The fourth-order valence-electron chi connectivity index (χ4n) is 8.65. The summed E-state index contributed by atoms with van der Waals surface area (Å²) in [5.74, 6) is -1.44. The van der Waals surface area contributed by atoms with Crippen LogP contribution in [0.25, 0.3) is 0 Å². The summed E-state index contributed by atoms with van der Waals surface area (Å²) in [7, 11) is -4.73. The van der Waals surface area contributed by atoms with E-state index < -0.39 is 57.8 Å². The van der Waals surface area contributed by atoms with Crippen LogP contribution in [0.4, 0.5) is 0 Å². The van der Waals surface area contributed by atoms with Crippen LogP contribution in [-0.2, 0) is 42.2 Å². The maximum atomic E-state index is 12.9. The SMILES string of the molecule is CCCCCCCC/C=C\CCCCCCCCCCCC(=O)OC(COC(=O)CCCCCCCCCCCCCCCCC)COP(=O)(O)OCC(CO)OC(=O)CCCCCCCCCCC. The number of hydrogen-bond acceptors (Lipinski definition) is 10. The Labute approximate surface area is 430 Å². The smallest absolute Gasteiger partial charge is 0.462 e. The molecule has 0 saturated carbocycles. The molecule has 0 bridgehead atoms. The summed E-state index contributed by atoms with van der Waals surface area (Å²) in [6.45, 7) is 4.67. The molecule has 3 atom stereocenters. The molecule has 0 fully saturated rings. The van der Waals surface area contributed by atoms with E-state index in [1.807, 2.05) is 0 Å². The number of esters is 3. The quantitative estimate of drug-likeness (QED) is 0.0197. The third kappa shape index (κ3) is 51.1. The first kappa shape index (κ1) is 68.2. The van der Waals surface area contributed by atoms with Crippen molar-refractivity contribution in [2.24, 2.45) is 0 Å². The number of unbranched alkanes of at least 4 members (excludes halogenated alkanes) is 37. The number of rotatable bonds is 56.